The molecule has 1 rings (SSSR count). The third kappa shape index (κ3) is 3.89. The fourth-order valence-corrected chi connectivity index (χ4v) is 3.34. The van der Waals surface area contributed by atoms with Gasteiger partial charge < -0.3 is 11.1 Å². The summed E-state index contributed by atoms with van der Waals surface area (Å²) in [6.07, 6.45) is 0.422. The Morgan fingerprint density at radius 2 is 2.11 bits per heavy atom. The first kappa shape index (κ1) is 14.8. The summed E-state index contributed by atoms with van der Waals surface area (Å²) in [5.74, 6) is -0.307. The lowest BCUT2D eigenvalue weighted by Crippen LogP contribution is -2.18. The molecule has 0 unspecified atom stereocenters. The van der Waals surface area contributed by atoms with Gasteiger partial charge in [0.25, 0.3) is 0 Å². The zero-order chi connectivity index (χ0) is 13.8. The van der Waals surface area contributed by atoms with Crippen molar-refractivity contribution in [3.63, 3.8) is 0 Å². The number of rotatable bonds is 5. The topological polar surface area (TPSA) is 89.3 Å². The number of anilines is 1. The highest BCUT2D eigenvalue weighted by Crippen LogP contribution is 2.25. The SMILES string of the molecule is CNC(=O)CCCS(=O)(=O)c1ccc(N)cc1Cl. The number of nitrogens with one attached hydrogen (secondary N) is 1. The van der Waals surface area contributed by atoms with Crippen molar-refractivity contribution in [2.75, 3.05) is 18.5 Å². The van der Waals surface area contributed by atoms with Crippen LogP contribution in [0.5, 0.6) is 0 Å². The van der Waals surface area contributed by atoms with Crippen LogP contribution in [0.15, 0.2) is 23.1 Å². The van der Waals surface area contributed by atoms with Gasteiger partial charge in [0.1, 0.15) is 0 Å². The van der Waals surface area contributed by atoms with Crippen molar-refractivity contribution < 1.29 is 13.2 Å². The van der Waals surface area contributed by atoms with E-state index in [0.29, 0.717) is 5.69 Å². The van der Waals surface area contributed by atoms with E-state index in [0.717, 1.165) is 0 Å². The van der Waals surface area contributed by atoms with Crippen molar-refractivity contribution in [1.29, 1.82) is 0 Å². The van der Waals surface area contributed by atoms with Gasteiger partial charge >= 0.3 is 0 Å². The maximum atomic E-state index is 12.0. The lowest BCUT2D eigenvalue weighted by Gasteiger charge is -2.07. The molecule has 0 radical (unpaired) electrons. The quantitative estimate of drug-likeness (QED) is 0.798. The van der Waals surface area contributed by atoms with Crippen molar-refractivity contribution in [2.45, 2.75) is 17.7 Å². The average molecular weight is 291 g/mol. The van der Waals surface area contributed by atoms with Gasteiger partial charge in [-0.3, -0.25) is 4.79 Å². The Kier molecular flexibility index (Phi) is 4.98. The second-order valence-electron chi connectivity index (χ2n) is 3.79. The zero-order valence-electron chi connectivity index (χ0n) is 9.94. The van der Waals surface area contributed by atoms with E-state index >= 15 is 0 Å². The van der Waals surface area contributed by atoms with Gasteiger partial charge in [0, 0.05) is 19.2 Å². The Balaban J connectivity index is 2.77. The van der Waals surface area contributed by atoms with Gasteiger partial charge in [-0.25, -0.2) is 8.42 Å². The van der Waals surface area contributed by atoms with Crippen molar-refractivity contribution in [3.05, 3.63) is 23.2 Å². The summed E-state index contributed by atoms with van der Waals surface area (Å²) in [7, 11) is -1.97. The summed E-state index contributed by atoms with van der Waals surface area (Å²) in [5.41, 5.74) is 5.90. The van der Waals surface area contributed by atoms with Crippen LogP contribution in [0.25, 0.3) is 0 Å². The molecule has 1 aromatic rings. The van der Waals surface area contributed by atoms with Gasteiger partial charge in [-0.15, -0.1) is 0 Å². The fourth-order valence-electron chi connectivity index (χ4n) is 1.43. The molecule has 1 aromatic carbocycles. The van der Waals surface area contributed by atoms with Crippen LogP contribution in [-0.4, -0.2) is 27.1 Å². The van der Waals surface area contributed by atoms with Crippen LogP contribution in [0.3, 0.4) is 0 Å². The molecule has 18 heavy (non-hydrogen) atoms. The van der Waals surface area contributed by atoms with Gasteiger partial charge in [0.15, 0.2) is 9.84 Å². The first-order chi connectivity index (χ1) is 8.36. The number of sulfone groups is 1. The summed E-state index contributed by atoms with van der Waals surface area (Å²) < 4.78 is 24.0. The van der Waals surface area contributed by atoms with Crippen LogP contribution in [0.2, 0.25) is 5.02 Å². The average Bonchev–Trinajstić information content (AvgIpc) is 2.27. The number of halogens is 1. The summed E-state index contributed by atoms with van der Waals surface area (Å²) in [6, 6.07) is 4.26. The number of nitrogens with two attached hydrogens (primary N) is 1. The minimum atomic E-state index is -3.48. The summed E-state index contributed by atoms with van der Waals surface area (Å²) >= 11 is 5.84. The predicted molar refractivity (Wildman–Crippen MR) is 71.2 cm³/mol. The minimum Gasteiger partial charge on any atom is -0.399 e. The third-order valence-corrected chi connectivity index (χ3v) is 4.66. The maximum Gasteiger partial charge on any atom is 0.219 e. The highest BCUT2D eigenvalue weighted by atomic mass is 35.5. The van der Waals surface area contributed by atoms with E-state index in [1.807, 2.05) is 0 Å². The van der Waals surface area contributed by atoms with Gasteiger partial charge in [0.2, 0.25) is 5.91 Å². The van der Waals surface area contributed by atoms with Crippen LogP contribution in [0, 0.1) is 0 Å². The Morgan fingerprint density at radius 3 is 2.67 bits per heavy atom. The standard InChI is InChI=1S/C11H15ClN2O3S/c1-14-11(15)3-2-6-18(16,17)10-5-4-8(13)7-9(10)12/h4-5,7H,2-3,6,13H2,1H3,(H,14,15). The molecule has 0 aliphatic heterocycles. The van der Waals surface area contributed by atoms with Crippen molar-refractivity contribution in [3.8, 4) is 0 Å². The van der Waals surface area contributed by atoms with E-state index in [1.54, 1.807) is 0 Å². The van der Waals surface area contributed by atoms with Crippen LogP contribution in [0.1, 0.15) is 12.8 Å². The van der Waals surface area contributed by atoms with Crippen molar-refractivity contribution in [1.82, 2.24) is 5.32 Å². The number of amides is 1. The van der Waals surface area contributed by atoms with Gasteiger partial charge in [-0.2, -0.15) is 0 Å². The van der Waals surface area contributed by atoms with Crippen molar-refractivity contribution in [2.24, 2.45) is 0 Å². The Bertz CT molecular complexity index is 543. The molecule has 0 saturated carbocycles. The van der Waals surface area contributed by atoms with E-state index in [1.165, 1.54) is 25.2 Å². The minimum absolute atomic E-state index is 0.0512. The normalized spacial score (nSPS) is 11.2. The lowest BCUT2D eigenvalue weighted by molar-refractivity contribution is -0.120. The molecule has 1 amide bonds. The molecular weight excluding hydrogens is 276 g/mol. The highest BCUT2D eigenvalue weighted by molar-refractivity contribution is 7.91. The number of benzene rings is 1. The molecule has 0 aromatic heterocycles. The third-order valence-electron chi connectivity index (χ3n) is 2.39. The summed E-state index contributed by atoms with van der Waals surface area (Å²) in [6.45, 7) is 0. The maximum absolute atomic E-state index is 12.0. The molecule has 0 heterocycles. The molecular formula is C11H15ClN2O3S. The highest BCUT2D eigenvalue weighted by Gasteiger charge is 2.18. The second-order valence-corrected chi connectivity index (χ2v) is 6.27. The van der Waals surface area contributed by atoms with E-state index < -0.39 is 9.84 Å². The smallest absolute Gasteiger partial charge is 0.219 e. The Labute approximate surface area is 111 Å². The molecule has 0 aliphatic carbocycles. The van der Waals surface area contributed by atoms with Gasteiger partial charge in [0.05, 0.1) is 15.7 Å². The number of hydrogen-bond donors (Lipinski definition) is 2. The predicted octanol–water partition coefficient (Wildman–Crippen LogP) is 1.22. The fraction of sp³-hybridized carbons (Fsp3) is 0.364. The van der Waals surface area contributed by atoms with Gasteiger partial charge in [-0.1, -0.05) is 11.6 Å². The largest absolute Gasteiger partial charge is 0.399 e. The Morgan fingerprint density at radius 1 is 1.44 bits per heavy atom. The van der Waals surface area contributed by atoms with E-state index in [-0.39, 0.29) is 34.4 Å². The monoisotopic (exact) mass is 290 g/mol. The summed E-state index contributed by atoms with van der Waals surface area (Å²) in [4.78, 5) is 11.0. The number of nitrogen functional groups attached to an aromatic ring is 1. The zero-order valence-corrected chi connectivity index (χ0v) is 11.5. The molecule has 0 atom stereocenters. The molecule has 100 valence electrons. The number of hydrogen-bond acceptors (Lipinski definition) is 4. The van der Waals surface area contributed by atoms with Crippen LogP contribution < -0.4 is 11.1 Å². The van der Waals surface area contributed by atoms with Crippen molar-refractivity contribution >= 4 is 33.0 Å². The van der Waals surface area contributed by atoms with E-state index in [9.17, 15) is 13.2 Å². The van der Waals surface area contributed by atoms with E-state index in [2.05, 4.69) is 5.32 Å². The molecule has 3 N–H and O–H groups in total. The lowest BCUT2D eigenvalue weighted by atomic mass is 10.3. The van der Waals surface area contributed by atoms with Crippen LogP contribution in [0.4, 0.5) is 5.69 Å². The number of carbonyl (C=O) groups is 1. The van der Waals surface area contributed by atoms with E-state index in [4.69, 9.17) is 17.3 Å². The van der Waals surface area contributed by atoms with Gasteiger partial charge in [-0.05, 0) is 24.6 Å². The molecule has 0 fully saturated rings. The molecule has 0 spiro atoms. The first-order valence-electron chi connectivity index (χ1n) is 5.35. The van der Waals surface area contributed by atoms with Crippen LogP contribution in [-0.2, 0) is 14.6 Å². The molecule has 7 heteroatoms. The molecule has 0 bridgehead atoms. The second kappa shape index (κ2) is 6.06. The van der Waals surface area contributed by atoms with Crippen LogP contribution >= 0.6 is 11.6 Å². The first-order valence-corrected chi connectivity index (χ1v) is 7.38. The Hall–Kier alpha value is -1.27. The molecule has 5 nitrogen and oxygen atoms in total. The summed E-state index contributed by atoms with van der Waals surface area (Å²) in [5, 5.41) is 2.54. The molecule has 0 saturated heterocycles. The molecule has 0 aliphatic rings. The number of carbonyl (C=O) groups excluding carboxylic acids is 1.